The largest absolute Gasteiger partial charge is 0.448 e. The van der Waals surface area contributed by atoms with Crippen LogP contribution in [0.5, 0.6) is 0 Å². The summed E-state index contributed by atoms with van der Waals surface area (Å²) < 4.78 is 50.3. The van der Waals surface area contributed by atoms with Crippen molar-refractivity contribution in [3.63, 3.8) is 0 Å². The highest BCUT2D eigenvalue weighted by Crippen LogP contribution is 2.37. The Hall–Kier alpha value is -3.11. The molecule has 3 heterocycles. The number of benzene rings is 1. The van der Waals surface area contributed by atoms with Crippen molar-refractivity contribution in [1.29, 1.82) is 0 Å². The van der Waals surface area contributed by atoms with Crippen LogP contribution < -0.4 is 0 Å². The average molecular weight is 436 g/mol. The van der Waals surface area contributed by atoms with Crippen LogP contribution in [0.25, 0.3) is 11.5 Å². The van der Waals surface area contributed by atoms with Crippen molar-refractivity contribution in [3.05, 3.63) is 35.0 Å². The van der Waals surface area contributed by atoms with E-state index in [0.29, 0.717) is 19.6 Å². The molecule has 2 aromatic rings. The van der Waals surface area contributed by atoms with Gasteiger partial charge in [-0.15, -0.1) is 10.2 Å². The zero-order valence-electron chi connectivity index (χ0n) is 16.4. The zero-order chi connectivity index (χ0) is 21.7. The van der Waals surface area contributed by atoms with Gasteiger partial charge in [0.2, 0.25) is 5.89 Å². The van der Waals surface area contributed by atoms with Crippen LogP contribution in [0.15, 0.2) is 16.5 Å². The number of amides is 2. The summed E-state index contributed by atoms with van der Waals surface area (Å²) in [6.07, 6.45) is -0.0621. The number of rotatable bonds is 4. The fourth-order valence-electron chi connectivity index (χ4n) is 4.74. The molecule has 11 heteroatoms. The van der Waals surface area contributed by atoms with E-state index in [1.54, 1.807) is 9.80 Å². The molecule has 0 unspecified atom stereocenters. The molecule has 0 radical (unpaired) electrons. The topological polar surface area (TPSA) is 88.8 Å². The van der Waals surface area contributed by atoms with Gasteiger partial charge < -0.3 is 14.1 Å². The molecule has 31 heavy (non-hydrogen) atoms. The fourth-order valence-corrected chi connectivity index (χ4v) is 4.74. The smallest absolute Gasteiger partial charge is 0.410 e. The van der Waals surface area contributed by atoms with Gasteiger partial charge in [0.05, 0.1) is 25.2 Å². The maximum Gasteiger partial charge on any atom is 0.410 e. The van der Waals surface area contributed by atoms with Gasteiger partial charge in [-0.2, -0.15) is 8.78 Å². The molecule has 0 spiro atoms. The third kappa shape index (κ3) is 3.31. The normalized spacial score (nSPS) is 23.6. The minimum atomic E-state index is -2.95. The number of aromatic nitrogens is 2. The monoisotopic (exact) mass is 436 g/mol. The number of cyclic esters (lactones) is 1. The lowest BCUT2D eigenvalue weighted by molar-refractivity contribution is 0.0465. The molecule has 5 rings (SSSR count). The Labute approximate surface area is 175 Å². The minimum absolute atomic E-state index is 0.0640. The second-order valence-corrected chi connectivity index (χ2v) is 7.89. The summed E-state index contributed by atoms with van der Waals surface area (Å²) >= 11 is 0. The molecule has 2 fully saturated rings. The number of halogens is 3. The number of hydrogen-bond acceptors (Lipinski definition) is 6. The van der Waals surface area contributed by atoms with Gasteiger partial charge in [0.15, 0.2) is 0 Å². The van der Waals surface area contributed by atoms with Gasteiger partial charge in [0.1, 0.15) is 12.4 Å². The quantitative estimate of drug-likeness (QED) is 0.729. The molecule has 2 amide bonds. The van der Waals surface area contributed by atoms with Crippen LogP contribution in [0.4, 0.5) is 18.0 Å². The van der Waals surface area contributed by atoms with Crippen molar-refractivity contribution in [3.8, 4) is 11.5 Å². The predicted octanol–water partition coefficient (Wildman–Crippen LogP) is 3.53. The van der Waals surface area contributed by atoms with Crippen LogP contribution in [-0.4, -0.2) is 57.2 Å². The van der Waals surface area contributed by atoms with E-state index in [2.05, 4.69) is 10.2 Å². The Morgan fingerprint density at radius 2 is 1.81 bits per heavy atom. The Morgan fingerprint density at radius 1 is 1.06 bits per heavy atom. The van der Waals surface area contributed by atoms with E-state index in [1.807, 2.05) is 0 Å². The molecule has 1 saturated carbocycles. The van der Waals surface area contributed by atoms with Gasteiger partial charge >= 0.3 is 12.5 Å². The lowest BCUT2D eigenvalue weighted by Gasteiger charge is -2.41. The molecule has 164 valence electrons. The molecular weight excluding hydrogens is 417 g/mol. The van der Waals surface area contributed by atoms with E-state index >= 15 is 0 Å². The lowest BCUT2D eigenvalue weighted by atomic mass is 9.88. The molecule has 0 N–H and O–H groups in total. The van der Waals surface area contributed by atoms with Crippen molar-refractivity contribution in [2.75, 3.05) is 13.2 Å². The molecule has 2 aliphatic heterocycles. The number of nitrogens with zero attached hydrogens (tertiary/aromatic N) is 4. The molecule has 1 aromatic heterocycles. The number of hydrogen-bond donors (Lipinski definition) is 0. The van der Waals surface area contributed by atoms with Crippen LogP contribution in [0, 0.1) is 5.82 Å². The highest BCUT2D eigenvalue weighted by Gasteiger charge is 2.44. The van der Waals surface area contributed by atoms with Crippen LogP contribution in [0.1, 0.15) is 53.9 Å². The highest BCUT2D eigenvalue weighted by molar-refractivity contribution is 5.99. The minimum Gasteiger partial charge on any atom is -0.448 e. The van der Waals surface area contributed by atoms with Crippen LogP contribution >= 0.6 is 0 Å². The summed E-state index contributed by atoms with van der Waals surface area (Å²) in [5, 5.41) is 6.78. The first-order chi connectivity index (χ1) is 14.9. The van der Waals surface area contributed by atoms with Crippen molar-refractivity contribution in [2.24, 2.45) is 0 Å². The lowest BCUT2D eigenvalue weighted by Crippen LogP contribution is -2.53. The predicted molar refractivity (Wildman–Crippen MR) is 98.6 cm³/mol. The summed E-state index contributed by atoms with van der Waals surface area (Å²) in [6, 6.07) is 2.06. The molecule has 3 aliphatic rings. The molecule has 1 saturated heterocycles. The second-order valence-electron chi connectivity index (χ2n) is 7.89. The first kappa shape index (κ1) is 19.8. The first-order valence-electron chi connectivity index (χ1n) is 10.1. The Kier molecular flexibility index (Phi) is 4.82. The van der Waals surface area contributed by atoms with E-state index in [9.17, 15) is 22.8 Å². The Morgan fingerprint density at radius 3 is 2.45 bits per heavy atom. The molecule has 1 aromatic carbocycles. The molecular formula is C20H19F3N4O4. The van der Waals surface area contributed by atoms with Gasteiger partial charge in [-0.1, -0.05) is 12.8 Å². The Balaban J connectivity index is 1.45. The zero-order valence-corrected chi connectivity index (χ0v) is 16.4. The number of carbonyl (C=O) groups excluding carboxylic acids is 2. The van der Waals surface area contributed by atoms with Crippen LogP contribution in [0.3, 0.4) is 0 Å². The van der Waals surface area contributed by atoms with Gasteiger partial charge in [-0.25, -0.2) is 9.18 Å². The highest BCUT2D eigenvalue weighted by atomic mass is 19.3. The number of alkyl halides is 2. The molecule has 0 bridgehead atoms. The van der Waals surface area contributed by atoms with Crippen molar-refractivity contribution < 1.29 is 31.9 Å². The van der Waals surface area contributed by atoms with E-state index in [0.717, 1.165) is 25.3 Å². The van der Waals surface area contributed by atoms with Crippen LogP contribution in [0.2, 0.25) is 0 Å². The number of fused-ring (bicyclic) bond motifs is 1. The number of ether oxygens (including phenoxy) is 1. The van der Waals surface area contributed by atoms with E-state index in [1.165, 1.54) is 6.07 Å². The number of carbonyl (C=O) groups is 2. The third-order valence-electron chi connectivity index (χ3n) is 6.18. The standard InChI is InChI=1S/C20H19F3N4O4/c21-13-8-10(17-24-25-18(31-17)16(22)23)7-11-12(13)9-27(19(11)28)15-4-2-1-3-14(15)26-5-6-30-20(26)29/h7-8,14-16H,1-6,9H2/t14-,15-/m1/s1. The van der Waals surface area contributed by atoms with Gasteiger partial charge in [-0.05, 0) is 25.0 Å². The maximum atomic E-state index is 14.9. The van der Waals surface area contributed by atoms with E-state index in [-0.39, 0.29) is 53.2 Å². The van der Waals surface area contributed by atoms with E-state index < -0.39 is 18.1 Å². The first-order valence-corrected chi connectivity index (χ1v) is 10.1. The molecule has 8 nitrogen and oxygen atoms in total. The average Bonchev–Trinajstić information content (AvgIpc) is 3.48. The molecule has 2 atom stereocenters. The summed E-state index contributed by atoms with van der Waals surface area (Å²) in [5.74, 6) is -2.16. The summed E-state index contributed by atoms with van der Waals surface area (Å²) in [7, 11) is 0. The van der Waals surface area contributed by atoms with E-state index in [4.69, 9.17) is 9.15 Å². The van der Waals surface area contributed by atoms with Crippen molar-refractivity contribution in [2.45, 2.75) is 50.7 Å². The van der Waals surface area contributed by atoms with Crippen LogP contribution in [-0.2, 0) is 11.3 Å². The van der Waals surface area contributed by atoms with Crippen molar-refractivity contribution in [1.82, 2.24) is 20.0 Å². The summed E-state index contributed by atoms with van der Waals surface area (Å²) in [6.45, 7) is 0.868. The van der Waals surface area contributed by atoms with Crippen molar-refractivity contribution >= 4 is 12.0 Å². The summed E-state index contributed by atoms with van der Waals surface area (Å²) in [4.78, 5) is 28.6. The second kappa shape index (κ2) is 7.54. The maximum absolute atomic E-state index is 14.9. The summed E-state index contributed by atoms with van der Waals surface area (Å²) in [5.41, 5.74) is 0.435. The SMILES string of the molecule is O=C1OCCN1[C@@H]1CCCC[C@H]1N1Cc2c(F)cc(-c3nnc(C(F)F)o3)cc2C1=O. The fraction of sp³-hybridized carbons (Fsp3) is 0.500. The molecule has 1 aliphatic carbocycles. The Bertz CT molecular complexity index is 1040. The third-order valence-corrected chi connectivity index (χ3v) is 6.18. The van der Waals surface area contributed by atoms with Gasteiger partial charge in [0.25, 0.3) is 11.8 Å². The van der Waals surface area contributed by atoms with Gasteiger partial charge in [-0.3, -0.25) is 9.69 Å². The van der Waals surface area contributed by atoms with Gasteiger partial charge in [0, 0.05) is 16.7 Å².